The number of guanidine groups is 1. The molecule has 0 spiro atoms. The summed E-state index contributed by atoms with van der Waals surface area (Å²) in [7, 11) is 1.71. The van der Waals surface area contributed by atoms with Crippen LogP contribution in [0, 0.1) is 13.8 Å². The highest BCUT2D eigenvalue weighted by Gasteiger charge is 2.21. The molecule has 2 N–H and O–H groups in total. The molecular formula is C17H23N5OS2. The minimum Gasteiger partial charge on any atom is -0.350 e. The van der Waals surface area contributed by atoms with E-state index < -0.39 is 0 Å². The Kier molecular flexibility index (Phi) is 5.70. The molecule has 0 bridgehead atoms. The molecule has 2 aromatic rings. The van der Waals surface area contributed by atoms with Gasteiger partial charge in [0.1, 0.15) is 5.01 Å². The van der Waals surface area contributed by atoms with Crippen molar-refractivity contribution in [2.45, 2.75) is 33.4 Å². The Bertz CT molecular complexity index is 760. The van der Waals surface area contributed by atoms with Crippen LogP contribution in [-0.2, 0) is 24.3 Å². The molecule has 0 aromatic carbocycles. The Morgan fingerprint density at radius 2 is 2.24 bits per heavy atom. The molecule has 134 valence electrons. The zero-order valence-electron chi connectivity index (χ0n) is 14.8. The van der Waals surface area contributed by atoms with Crippen LogP contribution in [0.2, 0.25) is 0 Å². The van der Waals surface area contributed by atoms with Crippen molar-refractivity contribution in [3.63, 3.8) is 0 Å². The van der Waals surface area contributed by atoms with Crippen molar-refractivity contribution in [3.8, 4) is 0 Å². The lowest BCUT2D eigenvalue weighted by molar-refractivity contribution is -0.130. The smallest absolute Gasteiger partial charge is 0.242 e. The fourth-order valence-electron chi connectivity index (χ4n) is 2.73. The maximum atomic E-state index is 12.4. The van der Waals surface area contributed by atoms with Gasteiger partial charge in [0.2, 0.25) is 5.91 Å². The van der Waals surface area contributed by atoms with Gasteiger partial charge in [0, 0.05) is 29.9 Å². The maximum absolute atomic E-state index is 12.4. The third kappa shape index (κ3) is 4.38. The third-order valence-corrected chi connectivity index (χ3v) is 6.37. The van der Waals surface area contributed by atoms with Crippen LogP contribution in [0.25, 0.3) is 0 Å². The summed E-state index contributed by atoms with van der Waals surface area (Å²) >= 11 is 3.46. The molecular weight excluding hydrogens is 354 g/mol. The van der Waals surface area contributed by atoms with E-state index in [1.54, 1.807) is 29.7 Å². The number of thiazole rings is 1. The average molecular weight is 378 g/mol. The molecule has 0 saturated carbocycles. The molecule has 0 aliphatic carbocycles. The van der Waals surface area contributed by atoms with Crippen molar-refractivity contribution in [1.82, 2.24) is 20.5 Å². The van der Waals surface area contributed by atoms with E-state index in [4.69, 9.17) is 0 Å². The van der Waals surface area contributed by atoms with E-state index in [9.17, 15) is 4.79 Å². The Morgan fingerprint density at radius 3 is 2.96 bits per heavy atom. The summed E-state index contributed by atoms with van der Waals surface area (Å²) < 4.78 is 0. The standard InChI is InChI=1S/C17H23N5OS2/c1-11-12(2)25-15(21-11)8-19-17(18-3)20-9-16(23)22-6-4-14-13(10-22)5-7-24-14/h5,7H,4,6,8-10H2,1-3H3,(H2,18,19,20). The van der Waals surface area contributed by atoms with Gasteiger partial charge in [0.25, 0.3) is 0 Å². The lowest BCUT2D eigenvalue weighted by atomic mass is 10.1. The van der Waals surface area contributed by atoms with Crippen molar-refractivity contribution < 1.29 is 4.79 Å². The van der Waals surface area contributed by atoms with Crippen LogP contribution in [0.3, 0.4) is 0 Å². The molecule has 0 fully saturated rings. The lowest BCUT2D eigenvalue weighted by Gasteiger charge is -2.27. The second kappa shape index (κ2) is 7.97. The number of amides is 1. The SMILES string of the molecule is CN=C(NCC(=O)N1CCc2sccc2C1)NCc1nc(C)c(C)s1. The van der Waals surface area contributed by atoms with Crippen LogP contribution >= 0.6 is 22.7 Å². The molecule has 1 aliphatic rings. The highest BCUT2D eigenvalue weighted by Crippen LogP contribution is 2.23. The monoisotopic (exact) mass is 377 g/mol. The van der Waals surface area contributed by atoms with Crippen LogP contribution < -0.4 is 10.6 Å². The lowest BCUT2D eigenvalue weighted by Crippen LogP contribution is -2.45. The van der Waals surface area contributed by atoms with Crippen LogP contribution in [0.15, 0.2) is 16.4 Å². The summed E-state index contributed by atoms with van der Waals surface area (Å²) in [6.07, 6.45) is 0.953. The van der Waals surface area contributed by atoms with Gasteiger partial charge in [-0.05, 0) is 37.3 Å². The van der Waals surface area contributed by atoms with Crippen molar-refractivity contribution in [2.24, 2.45) is 4.99 Å². The number of thiophene rings is 1. The summed E-state index contributed by atoms with van der Waals surface area (Å²) in [5.74, 6) is 0.716. The third-order valence-electron chi connectivity index (χ3n) is 4.27. The summed E-state index contributed by atoms with van der Waals surface area (Å²) in [5.41, 5.74) is 2.35. The molecule has 2 aromatic heterocycles. The van der Waals surface area contributed by atoms with Gasteiger partial charge in [0.15, 0.2) is 5.96 Å². The summed E-state index contributed by atoms with van der Waals surface area (Å²) in [4.78, 5) is 25.7. The first kappa shape index (κ1) is 17.9. The van der Waals surface area contributed by atoms with Gasteiger partial charge in [-0.15, -0.1) is 22.7 Å². The normalized spacial score (nSPS) is 14.4. The molecule has 0 unspecified atom stereocenters. The van der Waals surface area contributed by atoms with Crippen LogP contribution in [0.5, 0.6) is 0 Å². The molecule has 8 heteroatoms. The fourth-order valence-corrected chi connectivity index (χ4v) is 4.49. The van der Waals surface area contributed by atoms with E-state index in [0.717, 1.165) is 23.7 Å². The maximum Gasteiger partial charge on any atom is 0.242 e. The van der Waals surface area contributed by atoms with E-state index >= 15 is 0 Å². The van der Waals surface area contributed by atoms with E-state index in [2.05, 4.69) is 39.0 Å². The van der Waals surface area contributed by atoms with Gasteiger partial charge in [0.05, 0.1) is 18.8 Å². The number of nitrogens with one attached hydrogen (secondary N) is 2. The van der Waals surface area contributed by atoms with E-state index in [1.807, 2.05) is 11.8 Å². The highest BCUT2D eigenvalue weighted by atomic mass is 32.1. The number of fused-ring (bicyclic) bond motifs is 1. The Hall–Kier alpha value is -1.93. The first-order valence-electron chi connectivity index (χ1n) is 8.27. The van der Waals surface area contributed by atoms with Gasteiger partial charge in [-0.25, -0.2) is 4.98 Å². The minimum absolute atomic E-state index is 0.0979. The van der Waals surface area contributed by atoms with Crippen LogP contribution in [0.4, 0.5) is 0 Å². The second-order valence-electron chi connectivity index (χ2n) is 5.96. The van der Waals surface area contributed by atoms with Crippen molar-refractivity contribution in [1.29, 1.82) is 0 Å². The van der Waals surface area contributed by atoms with Gasteiger partial charge in [-0.1, -0.05) is 0 Å². The Morgan fingerprint density at radius 1 is 1.40 bits per heavy atom. The van der Waals surface area contributed by atoms with E-state index in [0.29, 0.717) is 19.0 Å². The van der Waals surface area contributed by atoms with E-state index in [1.165, 1.54) is 15.3 Å². The van der Waals surface area contributed by atoms with Crippen molar-refractivity contribution >= 4 is 34.5 Å². The molecule has 0 radical (unpaired) electrons. The van der Waals surface area contributed by atoms with Crippen LogP contribution in [0.1, 0.15) is 26.0 Å². The zero-order chi connectivity index (χ0) is 17.8. The highest BCUT2D eigenvalue weighted by molar-refractivity contribution is 7.11. The number of hydrogen-bond donors (Lipinski definition) is 2. The summed E-state index contributed by atoms with van der Waals surface area (Å²) in [6.45, 7) is 6.43. The zero-order valence-corrected chi connectivity index (χ0v) is 16.4. The van der Waals surface area contributed by atoms with Crippen LogP contribution in [-0.4, -0.2) is 41.9 Å². The number of aryl methyl sites for hydroxylation is 2. The predicted molar refractivity (Wildman–Crippen MR) is 103 cm³/mol. The molecule has 6 nitrogen and oxygen atoms in total. The first-order chi connectivity index (χ1) is 12.1. The quantitative estimate of drug-likeness (QED) is 0.632. The minimum atomic E-state index is 0.0979. The molecule has 25 heavy (non-hydrogen) atoms. The van der Waals surface area contributed by atoms with Crippen molar-refractivity contribution in [3.05, 3.63) is 37.5 Å². The van der Waals surface area contributed by atoms with Crippen molar-refractivity contribution in [2.75, 3.05) is 20.1 Å². The molecule has 3 rings (SSSR count). The van der Waals surface area contributed by atoms with Gasteiger partial charge in [-0.3, -0.25) is 9.79 Å². The summed E-state index contributed by atoms with van der Waals surface area (Å²) in [6, 6.07) is 2.12. The second-order valence-corrected chi connectivity index (χ2v) is 8.25. The number of carbonyl (C=O) groups is 1. The Labute approximate surface area is 156 Å². The molecule has 0 atom stereocenters. The fraction of sp³-hybridized carbons (Fsp3) is 0.471. The summed E-state index contributed by atoms with van der Waals surface area (Å²) in [5, 5.41) is 9.44. The number of nitrogens with zero attached hydrogens (tertiary/aromatic N) is 3. The number of aromatic nitrogens is 1. The number of aliphatic imine (C=N–C) groups is 1. The number of rotatable bonds is 4. The number of carbonyl (C=O) groups excluding carboxylic acids is 1. The first-order valence-corrected chi connectivity index (χ1v) is 9.97. The van der Waals surface area contributed by atoms with Gasteiger partial charge < -0.3 is 15.5 Å². The Balaban J connectivity index is 1.47. The van der Waals surface area contributed by atoms with Gasteiger partial charge >= 0.3 is 0 Å². The molecule has 3 heterocycles. The number of hydrogen-bond acceptors (Lipinski definition) is 5. The largest absolute Gasteiger partial charge is 0.350 e. The molecule has 1 amide bonds. The van der Waals surface area contributed by atoms with Gasteiger partial charge in [-0.2, -0.15) is 0 Å². The average Bonchev–Trinajstić information content (AvgIpc) is 3.20. The molecule has 1 aliphatic heterocycles. The predicted octanol–water partition coefficient (Wildman–Crippen LogP) is 2.07. The van der Waals surface area contributed by atoms with E-state index in [-0.39, 0.29) is 12.5 Å². The topological polar surface area (TPSA) is 69.6 Å². The molecule has 0 saturated heterocycles.